The van der Waals surface area contributed by atoms with E-state index in [2.05, 4.69) is 4.72 Å². The van der Waals surface area contributed by atoms with E-state index in [0.717, 1.165) is 18.6 Å². The number of hydrogen-bond donors (Lipinski definition) is 1. The number of benzene rings is 3. The van der Waals surface area contributed by atoms with Gasteiger partial charge in [0.2, 0.25) is 0 Å². The van der Waals surface area contributed by atoms with Crippen LogP contribution >= 0.6 is 0 Å². The van der Waals surface area contributed by atoms with Crippen LogP contribution in [0.1, 0.15) is 19.8 Å². The van der Waals surface area contributed by atoms with Crippen LogP contribution in [0.15, 0.2) is 64.3 Å². The number of fused-ring (bicyclic) bond motifs is 1. The predicted octanol–water partition coefficient (Wildman–Crippen LogP) is 4.81. The molecule has 1 heterocycles. The number of rotatable bonds is 13. The van der Waals surface area contributed by atoms with Gasteiger partial charge in [-0.25, -0.2) is 17.6 Å². The summed E-state index contributed by atoms with van der Waals surface area (Å²) in [5, 5.41) is 0. The molecule has 0 fully saturated rings. The summed E-state index contributed by atoms with van der Waals surface area (Å²) in [6.07, 6.45) is 1.47. The third-order valence-corrected chi connectivity index (χ3v) is 7.40. The van der Waals surface area contributed by atoms with Gasteiger partial charge >= 0.3 is 5.69 Å². The van der Waals surface area contributed by atoms with Gasteiger partial charge in [-0.05, 0) is 30.7 Å². The topological polar surface area (TPSA) is 110 Å². The first-order valence-electron chi connectivity index (χ1n) is 12.7. The van der Waals surface area contributed by atoms with Gasteiger partial charge in [-0.2, -0.15) is 0 Å². The number of halogens is 1. The second-order valence-corrected chi connectivity index (χ2v) is 10.8. The van der Waals surface area contributed by atoms with E-state index in [0.29, 0.717) is 54.5 Å². The molecule has 0 aliphatic carbocycles. The van der Waals surface area contributed by atoms with Gasteiger partial charge in [-0.1, -0.05) is 13.0 Å². The first-order chi connectivity index (χ1) is 19.1. The molecule has 1 aromatic heterocycles. The van der Waals surface area contributed by atoms with Crippen molar-refractivity contribution in [2.24, 2.45) is 14.1 Å². The molecular weight excluding hydrogens is 541 g/mol. The lowest BCUT2D eigenvalue weighted by Gasteiger charge is -2.16. The fraction of sp³-hybridized carbons (Fsp3) is 0.321. The Hall–Kier alpha value is -4.03. The maximum Gasteiger partial charge on any atom is 0.328 e. The molecule has 1 N–H and O–H groups in total. The Balaban J connectivity index is 1.78. The number of methoxy groups -OCH3 is 1. The minimum absolute atomic E-state index is 0.0559. The highest BCUT2D eigenvalue weighted by atomic mass is 32.2. The molecule has 0 spiro atoms. The van der Waals surface area contributed by atoms with E-state index < -0.39 is 15.8 Å². The Bertz CT molecular complexity index is 1660. The summed E-state index contributed by atoms with van der Waals surface area (Å²) in [7, 11) is 0.598. The van der Waals surface area contributed by atoms with Crippen molar-refractivity contribution in [2.45, 2.75) is 24.7 Å². The van der Waals surface area contributed by atoms with Crippen LogP contribution in [0.5, 0.6) is 23.0 Å². The summed E-state index contributed by atoms with van der Waals surface area (Å²) in [6, 6.07) is 12.8. The third-order valence-electron chi connectivity index (χ3n) is 6.04. The van der Waals surface area contributed by atoms with Gasteiger partial charge in [0.15, 0.2) is 5.75 Å². The van der Waals surface area contributed by atoms with E-state index in [1.54, 1.807) is 45.5 Å². The summed E-state index contributed by atoms with van der Waals surface area (Å²) in [5.74, 6) is 0.752. The molecule has 12 heteroatoms. The van der Waals surface area contributed by atoms with Gasteiger partial charge < -0.3 is 18.9 Å². The lowest BCUT2D eigenvalue weighted by atomic mass is 10.2. The molecule has 0 aliphatic heterocycles. The first-order valence-corrected chi connectivity index (χ1v) is 14.2. The van der Waals surface area contributed by atoms with E-state index in [1.807, 2.05) is 6.92 Å². The van der Waals surface area contributed by atoms with Gasteiger partial charge in [0.25, 0.3) is 10.0 Å². The van der Waals surface area contributed by atoms with E-state index in [1.165, 1.54) is 27.3 Å². The monoisotopic (exact) mass is 573 g/mol. The number of aromatic nitrogens is 2. The Morgan fingerprint density at radius 1 is 0.875 bits per heavy atom. The van der Waals surface area contributed by atoms with Gasteiger partial charge in [0.05, 0.1) is 34.8 Å². The zero-order valence-electron chi connectivity index (χ0n) is 22.8. The van der Waals surface area contributed by atoms with Crippen molar-refractivity contribution in [3.63, 3.8) is 0 Å². The van der Waals surface area contributed by atoms with Crippen molar-refractivity contribution in [1.29, 1.82) is 0 Å². The van der Waals surface area contributed by atoms with Crippen LogP contribution in [-0.2, 0) is 28.9 Å². The second-order valence-electron chi connectivity index (χ2n) is 9.09. The molecular formula is C28H32FN3O7S. The molecule has 214 valence electrons. The fourth-order valence-corrected chi connectivity index (χ4v) is 5.13. The SMILES string of the molecule is CCCOc1cc(OCCCOC)cc(Oc2cc3c(cc2NS(=O)(=O)c2cccc(F)c2)n(C)c(=O)n3C)c1. The number of nitrogens with one attached hydrogen (secondary N) is 1. The third kappa shape index (κ3) is 6.57. The lowest BCUT2D eigenvalue weighted by molar-refractivity contribution is 0.172. The number of imidazole rings is 1. The van der Waals surface area contributed by atoms with Crippen LogP contribution in [0.25, 0.3) is 11.0 Å². The molecule has 4 aromatic rings. The minimum atomic E-state index is -4.21. The molecule has 40 heavy (non-hydrogen) atoms. The van der Waals surface area contributed by atoms with Crippen molar-refractivity contribution < 1.29 is 31.8 Å². The molecule has 0 bridgehead atoms. The number of hydrogen-bond acceptors (Lipinski definition) is 7. The Labute approximate surface area is 231 Å². The zero-order chi connectivity index (χ0) is 28.9. The lowest BCUT2D eigenvalue weighted by Crippen LogP contribution is -2.19. The summed E-state index contributed by atoms with van der Waals surface area (Å²) < 4.78 is 68.5. The largest absolute Gasteiger partial charge is 0.493 e. The Morgan fingerprint density at radius 3 is 2.17 bits per heavy atom. The number of anilines is 1. The van der Waals surface area contributed by atoms with Crippen LogP contribution in [0, 0.1) is 5.82 Å². The Kier molecular flexibility index (Phi) is 9.00. The van der Waals surface area contributed by atoms with Crippen LogP contribution in [0.3, 0.4) is 0 Å². The smallest absolute Gasteiger partial charge is 0.328 e. The van der Waals surface area contributed by atoms with Crippen molar-refractivity contribution >= 4 is 26.7 Å². The predicted molar refractivity (Wildman–Crippen MR) is 150 cm³/mol. The summed E-state index contributed by atoms with van der Waals surface area (Å²) in [6.45, 7) is 3.41. The molecule has 0 saturated carbocycles. The number of ether oxygens (including phenoxy) is 4. The molecule has 3 aromatic carbocycles. The van der Waals surface area contributed by atoms with Gasteiger partial charge in [0.1, 0.15) is 23.1 Å². The summed E-state index contributed by atoms with van der Waals surface area (Å²) in [4.78, 5) is 12.4. The molecule has 0 atom stereocenters. The maximum absolute atomic E-state index is 13.8. The highest BCUT2D eigenvalue weighted by Gasteiger charge is 2.21. The molecule has 4 rings (SSSR count). The van der Waals surface area contributed by atoms with Crippen molar-refractivity contribution in [3.05, 3.63) is 70.9 Å². The number of aryl methyl sites for hydroxylation is 2. The molecule has 10 nitrogen and oxygen atoms in total. The van der Waals surface area contributed by atoms with Gasteiger partial charge in [-0.3, -0.25) is 13.9 Å². The van der Waals surface area contributed by atoms with Crippen molar-refractivity contribution in [3.8, 4) is 23.0 Å². The summed E-state index contributed by atoms with van der Waals surface area (Å²) >= 11 is 0. The van der Waals surface area contributed by atoms with Gasteiger partial charge in [0, 0.05) is 58.5 Å². The van der Waals surface area contributed by atoms with Gasteiger partial charge in [-0.15, -0.1) is 0 Å². The second kappa shape index (κ2) is 12.4. The van der Waals surface area contributed by atoms with Crippen LogP contribution in [-0.4, -0.2) is 44.5 Å². The van der Waals surface area contributed by atoms with E-state index in [4.69, 9.17) is 18.9 Å². The fourth-order valence-electron chi connectivity index (χ4n) is 4.04. The van der Waals surface area contributed by atoms with Crippen LogP contribution in [0.2, 0.25) is 0 Å². The van der Waals surface area contributed by atoms with E-state index in [9.17, 15) is 17.6 Å². The number of sulfonamides is 1. The molecule has 0 unspecified atom stereocenters. The molecule has 0 aliphatic rings. The first kappa shape index (κ1) is 29.0. The van der Waals surface area contributed by atoms with Crippen molar-refractivity contribution in [2.75, 3.05) is 31.7 Å². The van der Waals surface area contributed by atoms with Crippen LogP contribution < -0.4 is 24.6 Å². The van der Waals surface area contributed by atoms with E-state index in [-0.39, 0.29) is 22.0 Å². The highest BCUT2D eigenvalue weighted by molar-refractivity contribution is 7.92. The molecule has 0 radical (unpaired) electrons. The minimum Gasteiger partial charge on any atom is -0.493 e. The average Bonchev–Trinajstić information content (AvgIpc) is 3.13. The normalized spacial score (nSPS) is 11.5. The standard InChI is InChI=1S/C28H32FN3O7S/c1-5-10-37-20-14-21(38-12-7-11-36-4)16-22(15-20)39-27-18-26-25(31(2)28(33)32(26)3)17-24(27)30-40(34,35)23-9-6-8-19(29)13-23/h6,8-9,13-18,30H,5,7,10-12H2,1-4H3. The van der Waals surface area contributed by atoms with Crippen LogP contribution in [0.4, 0.5) is 10.1 Å². The Morgan fingerprint density at radius 2 is 1.52 bits per heavy atom. The molecule has 0 amide bonds. The van der Waals surface area contributed by atoms with E-state index >= 15 is 0 Å². The molecule has 0 saturated heterocycles. The highest BCUT2D eigenvalue weighted by Crippen LogP contribution is 2.37. The van der Waals surface area contributed by atoms with Crippen molar-refractivity contribution in [1.82, 2.24) is 9.13 Å². The number of nitrogens with zero attached hydrogens (tertiary/aromatic N) is 2. The quantitative estimate of drug-likeness (QED) is 0.229. The summed E-state index contributed by atoms with van der Waals surface area (Å²) in [5.41, 5.74) is 0.748. The average molecular weight is 574 g/mol. The zero-order valence-corrected chi connectivity index (χ0v) is 23.6. The maximum atomic E-state index is 13.8.